The average Bonchev–Trinajstić information content (AvgIpc) is 3.70. The smallest absolute Gasteiger partial charge is 0.309 e. The van der Waals surface area contributed by atoms with Gasteiger partial charge in [-0.05, 0) is 84.3 Å². The van der Waals surface area contributed by atoms with Gasteiger partial charge in [-0.1, -0.05) is 152 Å². The van der Waals surface area contributed by atoms with E-state index < -0.39 is 11.7 Å². The summed E-state index contributed by atoms with van der Waals surface area (Å²) in [6.45, 7) is 1.73. The highest BCUT2D eigenvalue weighted by Crippen LogP contribution is 2.41. The van der Waals surface area contributed by atoms with E-state index in [-0.39, 0.29) is 0 Å². The number of nitrogens with zero attached hydrogens (tertiary/aromatic N) is 5. The second-order valence-corrected chi connectivity index (χ2v) is 16.2. The van der Waals surface area contributed by atoms with Crippen LogP contribution in [0.15, 0.2) is 212 Å². The first kappa shape index (κ1) is 40.3. The molecule has 5 nitrogen and oxygen atoms in total. The molecule has 0 aliphatic heterocycles. The maximum Gasteiger partial charge on any atom is 0.416 e. The molecule has 0 amide bonds. The van der Waals surface area contributed by atoms with E-state index in [1.165, 1.54) is 6.07 Å². The first-order valence-electron chi connectivity index (χ1n) is 21.6. The number of hydrogen-bond donors (Lipinski definition) is 0. The van der Waals surface area contributed by atoms with Gasteiger partial charge in [0.25, 0.3) is 0 Å². The Kier molecular flexibility index (Phi) is 10.1. The summed E-state index contributed by atoms with van der Waals surface area (Å²) in [6, 6.07) is 69.0. The molecule has 11 aromatic rings. The summed E-state index contributed by atoms with van der Waals surface area (Å²) in [6.07, 6.45) is -4.43. The molecule has 0 spiro atoms. The summed E-state index contributed by atoms with van der Waals surface area (Å²) >= 11 is 0. The lowest BCUT2D eigenvalue weighted by molar-refractivity contribution is -0.137. The summed E-state index contributed by atoms with van der Waals surface area (Å²) in [5, 5.41) is 1.96. The third-order valence-corrected chi connectivity index (χ3v) is 12.0. The number of fused-ring (bicyclic) bond motifs is 3. The molecule has 0 bridgehead atoms. The summed E-state index contributed by atoms with van der Waals surface area (Å²) < 4.78 is 43.4. The van der Waals surface area contributed by atoms with Crippen molar-refractivity contribution in [3.05, 3.63) is 223 Å². The Balaban J connectivity index is 1.17. The topological polar surface area (TPSA) is 56.5 Å². The van der Waals surface area contributed by atoms with Crippen LogP contribution < -0.4 is 0 Å². The molecule has 0 aliphatic carbocycles. The van der Waals surface area contributed by atoms with Crippen LogP contribution in [-0.2, 0) is 6.18 Å². The minimum absolute atomic E-state index is 0.548. The molecule has 0 aliphatic rings. The number of halogens is 3. The van der Waals surface area contributed by atoms with E-state index in [4.69, 9.17) is 19.9 Å². The Morgan fingerprint density at radius 1 is 0.364 bits per heavy atom. The highest BCUT2D eigenvalue weighted by Gasteiger charge is 2.31. The SMILES string of the molecule is Cc1cc(C(F)(F)F)ccc1-c1ccc2c(c1)c1ccccc1n2-c1ccc(-c2nc(-c3ccccc3)cc(-c3ccccc3)n2)cc1-c1cc(-c2ccccc2)nc(-c2ccccc2)n1. The number of benzene rings is 8. The highest BCUT2D eigenvalue weighted by molar-refractivity contribution is 6.11. The summed E-state index contributed by atoms with van der Waals surface area (Å²) in [5.41, 5.74) is 12.6. The zero-order valence-electron chi connectivity index (χ0n) is 35.6. The summed E-state index contributed by atoms with van der Waals surface area (Å²) in [4.78, 5) is 20.9. The summed E-state index contributed by atoms with van der Waals surface area (Å²) in [5.74, 6) is 1.14. The van der Waals surface area contributed by atoms with Gasteiger partial charge in [0.05, 0.1) is 45.1 Å². The monoisotopic (exact) mass is 861 g/mol. The van der Waals surface area contributed by atoms with Crippen LogP contribution in [0.25, 0.3) is 106 Å². The first-order valence-corrected chi connectivity index (χ1v) is 21.6. The minimum atomic E-state index is -4.43. The fourth-order valence-corrected chi connectivity index (χ4v) is 8.79. The van der Waals surface area contributed by atoms with Gasteiger partial charge in [0.15, 0.2) is 11.6 Å². The molecule has 3 heterocycles. The van der Waals surface area contributed by atoms with Crippen molar-refractivity contribution in [1.29, 1.82) is 0 Å². The van der Waals surface area contributed by atoms with Gasteiger partial charge in [0.2, 0.25) is 0 Å². The van der Waals surface area contributed by atoms with Crippen molar-refractivity contribution >= 4 is 21.8 Å². The Hall–Kier alpha value is -8.49. The van der Waals surface area contributed by atoms with Gasteiger partial charge in [-0.15, -0.1) is 0 Å². The summed E-state index contributed by atoms with van der Waals surface area (Å²) in [7, 11) is 0. The molecule has 0 N–H and O–H groups in total. The Bertz CT molecular complexity index is 3460. The molecule has 0 saturated carbocycles. The standard InChI is InChI=1S/C58H38F3N5/c1-37-32-44(58(59,60)61)28-29-45(37)42-26-30-54-47(33-42)46-24-14-15-25-53(46)66(54)55-31-27-43(57-63-49(38-16-6-2-7-17-38)35-50(64-57)39-18-8-3-9-19-39)34-48(55)52-36-51(40-20-10-4-11-21-40)62-56(65-52)41-22-12-5-13-23-41/h2-36H,1H3. The van der Waals surface area contributed by atoms with Gasteiger partial charge in [-0.3, -0.25) is 0 Å². The van der Waals surface area contributed by atoms with E-state index in [0.29, 0.717) is 22.9 Å². The lowest BCUT2D eigenvalue weighted by Gasteiger charge is -2.17. The molecular formula is C58H38F3N5. The van der Waals surface area contributed by atoms with E-state index in [1.807, 2.05) is 115 Å². The second kappa shape index (κ2) is 16.6. The molecule has 8 aromatic carbocycles. The Morgan fingerprint density at radius 3 is 1.42 bits per heavy atom. The fourth-order valence-electron chi connectivity index (χ4n) is 8.79. The normalized spacial score (nSPS) is 11.6. The van der Waals surface area contributed by atoms with Gasteiger partial charge in [0.1, 0.15) is 0 Å². The molecule has 3 aromatic heterocycles. The third kappa shape index (κ3) is 7.58. The third-order valence-electron chi connectivity index (χ3n) is 12.0. The van der Waals surface area contributed by atoms with Crippen LogP contribution >= 0.6 is 0 Å². The van der Waals surface area contributed by atoms with Crippen LogP contribution in [0.4, 0.5) is 13.2 Å². The largest absolute Gasteiger partial charge is 0.416 e. The molecule has 8 heteroatoms. The van der Waals surface area contributed by atoms with Crippen molar-refractivity contribution in [1.82, 2.24) is 24.5 Å². The van der Waals surface area contributed by atoms with Gasteiger partial charge < -0.3 is 4.57 Å². The predicted octanol–water partition coefficient (Wildman–Crippen LogP) is 15.4. The van der Waals surface area contributed by atoms with Crippen molar-refractivity contribution in [3.63, 3.8) is 0 Å². The van der Waals surface area contributed by atoms with Crippen LogP contribution in [0, 0.1) is 6.92 Å². The maximum atomic E-state index is 13.7. The number of aromatic nitrogens is 5. The van der Waals surface area contributed by atoms with Crippen molar-refractivity contribution in [3.8, 4) is 84.6 Å². The van der Waals surface area contributed by atoms with Crippen molar-refractivity contribution in [2.45, 2.75) is 13.1 Å². The molecule has 0 unspecified atom stereocenters. The number of hydrogen-bond acceptors (Lipinski definition) is 4. The fraction of sp³-hybridized carbons (Fsp3) is 0.0345. The number of para-hydroxylation sites is 1. The van der Waals surface area contributed by atoms with E-state index in [9.17, 15) is 13.2 Å². The van der Waals surface area contributed by atoms with Gasteiger partial charge in [-0.2, -0.15) is 13.2 Å². The van der Waals surface area contributed by atoms with Crippen LogP contribution in [0.5, 0.6) is 0 Å². The number of rotatable bonds is 8. The minimum Gasteiger partial charge on any atom is -0.309 e. The van der Waals surface area contributed by atoms with Gasteiger partial charge in [0, 0.05) is 44.2 Å². The van der Waals surface area contributed by atoms with Gasteiger partial charge >= 0.3 is 6.18 Å². The molecule has 0 fully saturated rings. The van der Waals surface area contributed by atoms with E-state index >= 15 is 0 Å². The second-order valence-electron chi connectivity index (χ2n) is 16.2. The van der Waals surface area contributed by atoms with Crippen LogP contribution in [0.3, 0.4) is 0 Å². The van der Waals surface area contributed by atoms with Crippen LogP contribution in [0.1, 0.15) is 11.1 Å². The maximum absolute atomic E-state index is 13.7. The quantitative estimate of drug-likeness (QED) is 0.153. The first-order chi connectivity index (χ1) is 32.2. The lowest BCUT2D eigenvalue weighted by atomic mass is 9.97. The lowest BCUT2D eigenvalue weighted by Crippen LogP contribution is -2.05. The highest BCUT2D eigenvalue weighted by atomic mass is 19.4. The Morgan fingerprint density at radius 2 is 0.848 bits per heavy atom. The zero-order chi connectivity index (χ0) is 44.8. The molecule has 316 valence electrons. The molecule has 66 heavy (non-hydrogen) atoms. The van der Waals surface area contributed by atoms with E-state index in [2.05, 4.69) is 83.4 Å². The molecule has 0 radical (unpaired) electrons. The molecule has 0 saturated heterocycles. The van der Waals surface area contributed by atoms with Crippen molar-refractivity contribution < 1.29 is 13.2 Å². The van der Waals surface area contributed by atoms with Crippen LogP contribution in [0.2, 0.25) is 0 Å². The number of alkyl halides is 3. The van der Waals surface area contributed by atoms with Crippen molar-refractivity contribution in [2.75, 3.05) is 0 Å². The molecule has 11 rings (SSSR count). The van der Waals surface area contributed by atoms with E-state index in [0.717, 1.165) is 95.1 Å². The van der Waals surface area contributed by atoms with Gasteiger partial charge in [-0.25, -0.2) is 19.9 Å². The average molecular weight is 862 g/mol. The zero-order valence-corrected chi connectivity index (χ0v) is 35.6. The Labute approximate surface area is 379 Å². The van der Waals surface area contributed by atoms with Crippen molar-refractivity contribution in [2.24, 2.45) is 0 Å². The molecule has 0 atom stereocenters. The predicted molar refractivity (Wildman–Crippen MR) is 260 cm³/mol. The number of aryl methyl sites for hydroxylation is 1. The van der Waals surface area contributed by atoms with E-state index in [1.54, 1.807) is 13.0 Å². The molecular weight excluding hydrogens is 824 g/mol. The van der Waals surface area contributed by atoms with Crippen LogP contribution in [-0.4, -0.2) is 24.5 Å².